The van der Waals surface area contributed by atoms with Crippen molar-refractivity contribution < 1.29 is 8.78 Å². The summed E-state index contributed by atoms with van der Waals surface area (Å²) >= 11 is 0. The molecular weight excluding hydrogens is 262 g/mol. The first-order valence-corrected chi connectivity index (χ1v) is 7.11. The highest BCUT2D eigenvalue weighted by molar-refractivity contribution is 5.49. The van der Waals surface area contributed by atoms with Gasteiger partial charge in [-0.1, -0.05) is 0 Å². The van der Waals surface area contributed by atoms with Gasteiger partial charge in [0.25, 0.3) is 0 Å². The second-order valence-electron chi connectivity index (χ2n) is 5.66. The van der Waals surface area contributed by atoms with Crippen molar-refractivity contribution in [1.82, 2.24) is 9.88 Å². The summed E-state index contributed by atoms with van der Waals surface area (Å²) in [5.74, 6) is -0.870. The van der Waals surface area contributed by atoms with Gasteiger partial charge in [0.2, 0.25) is 0 Å². The van der Waals surface area contributed by atoms with Gasteiger partial charge in [0.05, 0.1) is 0 Å². The number of halogens is 2. The van der Waals surface area contributed by atoms with E-state index < -0.39 is 11.6 Å². The predicted molar refractivity (Wildman–Crippen MR) is 75.1 cm³/mol. The molecule has 2 atom stereocenters. The Hall–Kier alpha value is -1.43. The minimum Gasteiger partial charge on any atom is -0.371 e. The molecular formula is C14H20F2N4. The van der Waals surface area contributed by atoms with E-state index in [1.165, 1.54) is 6.42 Å². The topological polar surface area (TPSA) is 31.4 Å². The highest BCUT2D eigenvalue weighted by Gasteiger charge is 2.35. The SMILES string of the molecule is CNc1nc(N2CCC3CCC(C2)N3C)c(F)cc1F. The van der Waals surface area contributed by atoms with Crippen molar-refractivity contribution in [2.45, 2.75) is 31.3 Å². The number of nitrogens with one attached hydrogen (secondary N) is 1. The minimum atomic E-state index is -0.651. The second-order valence-corrected chi connectivity index (χ2v) is 5.66. The molecule has 2 bridgehead atoms. The Morgan fingerprint density at radius 2 is 1.95 bits per heavy atom. The lowest BCUT2D eigenvalue weighted by Gasteiger charge is -2.27. The van der Waals surface area contributed by atoms with Crippen LogP contribution in [0.5, 0.6) is 0 Å². The normalized spacial score (nSPS) is 26.7. The van der Waals surface area contributed by atoms with Crippen molar-refractivity contribution in [2.24, 2.45) is 0 Å². The van der Waals surface area contributed by atoms with Crippen LogP contribution in [-0.4, -0.2) is 49.2 Å². The summed E-state index contributed by atoms with van der Waals surface area (Å²) in [5.41, 5.74) is 0. The summed E-state index contributed by atoms with van der Waals surface area (Å²) in [6.07, 6.45) is 3.36. The molecule has 0 radical (unpaired) electrons. The predicted octanol–water partition coefficient (Wildman–Crippen LogP) is 2.07. The Labute approximate surface area is 117 Å². The van der Waals surface area contributed by atoms with E-state index in [9.17, 15) is 8.78 Å². The summed E-state index contributed by atoms with van der Waals surface area (Å²) in [6, 6.07) is 1.94. The number of anilines is 2. The van der Waals surface area contributed by atoms with Crippen molar-refractivity contribution in [3.8, 4) is 0 Å². The standard InChI is InChI=1S/C14H20F2N4/c1-17-13-11(15)7-12(16)14(18-13)20-6-5-9-3-4-10(8-20)19(9)2/h7,9-10H,3-6,8H2,1-2H3,(H,17,18). The molecule has 110 valence electrons. The van der Waals surface area contributed by atoms with Gasteiger partial charge in [-0.25, -0.2) is 13.8 Å². The highest BCUT2D eigenvalue weighted by atomic mass is 19.1. The summed E-state index contributed by atoms with van der Waals surface area (Å²) in [7, 11) is 3.73. The third kappa shape index (κ3) is 2.22. The maximum Gasteiger partial charge on any atom is 0.168 e. The van der Waals surface area contributed by atoms with Gasteiger partial charge in [0.15, 0.2) is 23.3 Å². The molecule has 0 aliphatic carbocycles. The third-order valence-corrected chi connectivity index (χ3v) is 4.60. The summed E-state index contributed by atoms with van der Waals surface area (Å²) < 4.78 is 27.5. The van der Waals surface area contributed by atoms with Crippen LogP contribution in [0.25, 0.3) is 0 Å². The largest absolute Gasteiger partial charge is 0.371 e. The first-order valence-electron chi connectivity index (χ1n) is 7.11. The molecule has 2 saturated heterocycles. The van der Waals surface area contributed by atoms with Crippen LogP contribution in [0.3, 0.4) is 0 Å². The van der Waals surface area contributed by atoms with Gasteiger partial charge < -0.3 is 10.2 Å². The van der Waals surface area contributed by atoms with E-state index in [2.05, 4.69) is 22.2 Å². The minimum absolute atomic E-state index is 0.101. The van der Waals surface area contributed by atoms with E-state index in [0.717, 1.165) is 32.0 Å². The van der Waals surface area contributed by atoms with Crippen molar-refractivity contribution >= 4 is 11.6 Å². The Balaban J connectivity index is 1.89. The van der Waals surface area contributed by atoms with Crippen LogP contribution in [0.4, 0.5) is 20.4 Å². The molecule has 2 aliphatic heterocycles. The Bertz CT molecular complexity index is 508. The molecule has 3 heterocycles. The van der Waals surface area contributed by atoms with E-state index in [0.29, 0.717) is 12.1 Å². The first-order chi connectivity index (χ1) is 9.60. The molecule has 6 heteroatoms. The van der Waals surface area contributed by atoms with Gasteiger partial charge in [-0.05, 0) is 26.3 Å². The van der Waals surface area contributed by atoms with E-state index >= 15 is 0 Å². The lowest BCUT2D eigenvalue weighted by Crippen LogP contribution is -2.37. The maximum atomic E-state index is 14.0. The summed E-state index contributed by atoms with van der Waals surface area (Å²) in [5, 5.41) is 2.67. The van der Waals surface area contributed by atoms with Crippen LogP contribution in [-0.2, 0) is 0 Å². The molecule has 4 nitrogen and oxygen atoms in total. The highest BCUT2D eigenvalue weighted by Crippen LogP contribution is 2.31. The van der Waals surface area contributed by atoms with Crippen LogP contribution in [0.1, 0.15) is 19.3 Å². The molecule has 0 amide bonds. The van der Waals surface area contributed by atoms with Crippen molar-refractivity contribution in [3.05, 3.63) is 17.7 Å². The molecule has 1 aromatic rings. The van der Waals surface area contributed by atoms with Gasteiger partial charge in [-0.2, -0.15) is 0 Å². The number of fused-ring (bicyclic) bond motifs is 2. The van der Waals surface area contributed by atoms with Crippen LogP contribution < -0.4 is 10.2 Å². The third-order valence-electron chi connectivity index (χ3n) is 4.60. The lowest BCUT2D eigenvalue weighted by molar-refractivity contribution is 0.254. The zero-order chi connectivity index (χ0) is 14.3. The number of rotatable bonds is 2. The smallest absolute Gasteiger partial charge is 0.168 e. The quantitative estimate of drug-likeness (QED) is 0.900. The van der Waals surface area contributed by atoms with Crippen LogP contribution in [0.15, 0.2) is 6.07 Å². The number of aromatic nitrogens is 1. The Morgan fingerprint density at radius 1 is 1.20 bits per heavy atom. The monoisotopic (exact) mass is 282 g/mol. The van der Waals surface area contributed by atoms with Gasteiger partial charge in [-0.3, -0.25) is 4.90 Å². The van der Waals surface area contributed by atoms with Gasteiger partial charge >= 0.3 is 0 Å². The average molecular weight is 282 g/mol. The fraction of sp³-hybridized carbons (Fsp3) is 0.643. The van der Waals surface area contributed by atoms with Crippen molar-refractivity contribution in [2.75, 3.05) is 37.4 Å². The van der Waals surface area contributed by atoms with Gasteiger partial charge in [0, 0.05) is 38.3 Å². The molecule has 0 aromatic carbocycles. The fourth-order valence-electron chi connectivity index (χ4n) is 3.36. The lowest BCUT2D eigenvalue weighted by atomic mass is 10.1. The van der Waals surface area contributed by atoms with Crippen LogP contribution >= 0.6 is 0 Å². The van der Waals surface area contributed by atoms with E-state index in [1.54, 1.807) is 7.05 Å². The van der Waals surface area contributed by atoms with E-state index in [4.69, 9.17) is 0 Å². The number of pyridine rings is 1. The summed E-state index contributed by atoms with van der Waals surface area (Å²) in [4.78, 5) is 8.45. The molecule has 2 fully saturated rings. The van der Waals surface area contributed by atoms with Crippen LogP contribution in [0, 0.1) is 11.6 Å². The molecule has 1 aromatic heterocycles. The number of likely N-dealkylation sites (N-methyl/N-ethyl adjacent to an activating group) is 1. The number of nitrogens with zero attached hydrogens (tertiary/aromatic N) is 3. The van der Waals surface area contributed by atoms with Crippen LogP contribution in [0.2, 0.25) is 0 Å². The van der Waals surface area contributed by atoms with Crippen molar-refractivity contribution in [3.63, 3.8) is 0 Å². The van der Waals surface area contributed by atoms with Gasteiger partial charge in [0.1, 0.15) is 0 Å². The zero-order valence-electron chi connectivity index (χ0n) is 11.9. The zero-order valence-corrected chi connectivity index (χ0v) is 11.9. The molecule has 20 heavy (non-hydrogen) atoms. The molecule has 2 aliphatic rings. The molecule has 1 N–H and O–H groups in total. The number of hydrogen-bond donors (Lipinski definition) is 1. The van der Waals surface area contributed by atoms with E-state index in [-0.39, 0.29) is 11.6 Å². The Kier molecular flexibility index (Phi) is 3.50. The Morgan fingerprint density at radius 3 is 2.70 bits per heavy atom. The maximum absolute atomic E-state index is 14.0. The average Bonchev–Trinajstić information content (AvgIpc) is 2.65. The molecule has 0 spiro atoms. The van der Waals surface area contributed by atoms with Crippen molar-refractivity contribution in [1.29, 1.82) is 0 Å². The second kappa shape index (κ2) is 5.16. The first kappa shape index (κ1) is 13.5. The molecule has 2 unspecified atom stereocenters. The van der Waals surface area contributed by atoms with E-state index in [1.807, 2.05) is 4.90 Å². The summed E-state index contributed by atoms with van der Waals surface area (Å²) in [6.45, 7) is 1.52. The fourth-order valence-corrected chi connectivity index (χ4v) is 3.36. The van der Waals surface area contributed by atoms with Gasteiger partial charge in [-0.15, -0.1) is 0 Å². The molecule has 3 rings (SSSR count). The molecule has 0 saturated carbocycles. The number of hydrogen-bond acceptors (Lipinski definition) is 4.